The summed E-state index contributed by atoms with van der Waals surface area (Å²) in [4.78, 5) is 5.51. The van der Waals surface area contributed by atoms with Gasteiger partial charge in [0.15, 0.2) is 0 Å². The van der Waals surface area contributed by atoms with Gasteiger partial charge in [0.05, 0.1) is 0 Å². The van der Waals surface area contributed by atoms with Crippen molar-refractivity contribution in [3.63, 3.8) is 0 Å². The third-order valence-electron chi connectivity index (χ3n) is 4.33. The number of fused-ring (bicyclic) bond motifs is 1. The van der Waals surface area contributed by atoms with E-state index >= 15 is 0 Å². The van der Waals surface area contributed by atoms with Gasteiger partial charge in [0.25, 0.3) is 0 Å². The third-order valence-corrected chi connectivity index (χ3v) is 5.37. The number of hydrogen-bond donors (Lipinski definition) is 0. The van der Waals surface area contributed by atoms with Gasteiger partial charge in [-0.05, 0) is 43.7 Å². The van der Waals surface area contributed by atoms with Gasteiger partial charge in [-0.3, -0.25) is 9.80 Å². The van der Waals surface area contributed by atoms with Crippen molar-refractivity contribution in [2.24, 2.45) is 0 Å². The van der Waals surface area contributed by atoms with E-state index in [0.29, 0.717) is 0 Å². The Hall–Kier alpha value is 0.270. The van der Waals surface area contributed by atoms with E-state index in [1.165, 1.54) is 63.4 Å². The molecule has 3 aliphatic heterocycles. The standard InChI is InChI=1S/C12H22N2S/c1-2-12-10-14(7-6-13(12)5-1)11-3-8-15-9-4-11/h11-12H,1-10H2. The molecule has 3 fully saturated rings. The van der Waals surface area contributed by atoms with Crippen molar-refractivity contribution in [3.05, 3.63) is 0 Å². The fourth-order valence-electron chi connectivity index (χ4n) is 3.40. The minimum absolute atomic E-state index is 0.910. The van der Waals surface area contributed by atoms with Crippen molar-refractivity contribution in [1.82, 2.24) is 9.80 Å². The second-order valence-electron chi connectivity index (χ2n) is 5.17. The summed E-state index contributed by atoms with van der Waals surface area (Å²) in [6.45, 7) is 5.43. The molecule has 1 unspecified atom stereocenters. The number of rotatable bonds is 1. The highest BCUT2D eigenvalue weighted by Crippen LogP contribution is 2.27. The normalized spacial score (nSPS) is 35.6. The lowest BCUT2D eigenvalue weighted by molar-refractivity contribution is 0.0683. The Morgan fingerprint density at radius 1 is 0.800 bits per heavy atom. The highest BCUT2D eigenvalue weighted by molar-refractivity contribution is 7.99. The van der Waals surface area contributed by atoms with Crippen LogP contribution >= 0.6 is 11.8 Å². The van der Waals surface area contributed by atoms with Crippen LogP contribution in [0.5, 0.6) is 0 Å². The van der Waals surface area contributed by atoms with Crippen LogP contribution in [0.3, 0.4) is 0 Å². The lowest BCUT2D eigenvalue weighted by Gasteiger charge is -2.42. The first kappa shape index (κ1) is 10.4. The molecule has 0 N–H and O–H groups in total. The lowest BCUT2D eigenvalue weighted by atomic mass is 10.1. The Morgan fingerprint density at radius 2 is 1.60 bits per heavy atom. The highest BCUT2D eigenvalue weighted by atomic mass is 32.2. The van der Waals surface area contributed by atoms with Crippen molar-refractivity contribution in [2.45, 2.75) is 37.8 Å². The van der Waals surface area contributed by atoms with E-state index in [4.69, 9.17) is 0 Å². The Balaban J connectivity index is 1.58. The first-order valence-electron chi connectivity index (χ1n) is 6.49. The van der Waals surface area contributed by atoms with Crippen molar-refractivity contribution in [2.75, 3.05) is 37.7 Å². The number of hydrogen-bond acceptors (Lipinski definition) is 3. The van der Waals surface area contributed by atoms with Gasteiger partial charge in [-0.25, -0.2) is 0 Å². The van der Waals surface area contributed by atoms with Gasteiger partial charge in [-0.15, -0.1) is 0 Å². The molecule has 0 aromatic carbocycles. The average molecular weight is 226 g/mol. The van der Waals surface area contributed by atoms with Crippen molar-refractivity contribution < 1.29 is 0 Å². The van der Waals surface area contributed by atoms with Crippen LogP contribution in [-0.4, -0.2) is 59.6 Å². The second-order valence-corrected chi connectivity index (χ2v) is 6.40. The van der Waals surface area contributed by atoms with Crippen LogP contribution in [0.25, 0.3) is 0 Å². The monoisotopic (exact) mass is 226 g/mol. The minimum atomic E-state index is 0.910. The van der Waals surface area contributed by atoms with E-state index in [0.717, 1.165) is 12.1 Å². The SMILES string of the molecule is C1CC2CN(C3CCSCC3)CCN2C1. The number of thioether (sulfide) groups is 1. The summed E-state index contributed by atoms with van der Waals surface area (Å²) in [5.74, 6) is 2.80. The van der Waals surface area contributed by atoms with E-state index < -0.39 is 0 Å². The molecule has 3 heteroatoms. The molecule has 86 valence electrons. The van der Waals surface area contributed by atoms with Gasteiger partial charge in [-0.2, -0.15) is 11.8 Å². The first-order valence-corrected chi connectivity index (χ1v) is 7.65. The maximum atomic E-state index is 2.80. The van der Waals surface area contributed by atoms with Gasteiger partial charge in [0.1, 0.15) is 0 Å². The van der Waals surface area contributed by atoms with E-state index in [2.05, 4.69) is 21.6 Å². The summed E-state index contributed by atoms with van der Waals surface area (Å²) in [7, 11) is 0. The molecular formula is C12H22N2S. The van der Waals surface area contributed by atoms with Crippen LogP contribution in [0.1, 0.15) is 25.7 Å². The largest absolute Gasteiger partial charge is 0.298 e. The topological polar surface area (TPSA) is 6.48 Å². The molecular weight excluding hydrogens is 204 g/mol. The number of nitrogens with zero attached hydrogens (tertiary/aromatic N) is 2. The molecule has 3 heterocycles. The van der Waals surface area contributed by atoms with Gasteiger partial charge >= 0.3 is 0 Å². The van der Waals surface area contributed by atoms with Gasteiger partial charge < -0.3 is 0 Å². The molecule has 0 aromatic rings. The smallest absolute Gasteiger partial charge is 0.0224 e. The Morgan fingerprint density at radius 3 is 2.47 bits per heavy atom. The molecule has 3 saturated heterocycles. The van der Waals surface area contributed by atoms with E-state index in [-0.39, 0.29) is 0 Å². The molecule has 0 amide bonds. The quantitative estimate of drug-likeness (QED) is 0.671. The van der Waals surface area contributed by atoms with E-state index in [1.54, 1.807) is 0 Å². The molecule has 15 heavy (non-hydrogen) atoms. The summed E-state index contributed by atoms with van der Waals surface area (Å²) in [6, 6.07) is 1.84. The van der Waals surface area contributed by atoms with Crippen molar-refractivity contribution in [3.8, 4) is 0 Å². The molecule has 0 bridgehead atoms. The highest BCUT2D eigenvalue weighted by Gasteiger charge is 2.33. The van der Waals surface area contributed by atoms with Crippen molar-refractivity contribution in [1.29, 1.82) is 0 Å². The maximum absolute atomic E-state index is 2.80. The minimum Gasteiger partial charge on any atom is -0.298 e. The fraction of sp³-hybridized carbons (Fsp3) is 1.00. The molecule has 3 rings (SSSR count). The van der Waals surface area contributed by atoms with Crippen LogP contribution < -0.4 is 0 Å². The Kier molecular flexibility index (Phi) is 3.23. The molecule has 0 aliphatic carbocycles. The summed E-state index contributed by atoms with van der Waals surface area (Å²) in [5.41, 5.74) is 0. The molecule has 0 aromatic heterocycles. The lowest BCUT2D eigenvalue weighted by Crippen LogP contribution is -2.54. The van der Waals surface area contributed by atoms with Gasteiger partial charge in [0.2, 0.25) is 0 Å². The second kappa shape index (κ2) is 4.64. The predicted molar refractivity (Wildman–Crippen MR) is 66.5 cm³/mol. The molecule has 1 atom stereocenters. The Labute approximate surface area is 97.4 Å². The van der Waals surface area contributed by atoms with Crippen LogP contribution in [-0.2, 0) is 0 Å². The summed E-state index contributed by atoms with van der Waals surface area (Å²) in [5, 5.41) is 0. The fourth-order valence-corrected chi connectivity index (χ4v) is 4.48. The summed E-state index contributed by atoms with van der Waals surface area (Å²) < 4.78 is 0. The Bertz CT molecular complexity index is 216. The van der Waals surface area contributed by atoms with Crippen LogP contribution in [0.15, 0.2) is 0 Å². The molecule has 0 spiro atoms. The molecule has 2 nitrogen and oxygen atoms in total. The zero-order chi connectivity index (χ0) is 10.1. The van der Waals surface area contributed by atoms with Gasteiger partial charge in [-0.1, -0.05) is 0 Å². The first-order chi connectivity index (χ1) is 7.43. The maximum Gasteiger partial charge on any atom is 0.0224 e. The van der Waals surface area contributed by atoms with Crippen LogP contribution in [0.4, 0.5) is 0 Å². The molecule has 0 radical (unpaired) electrons. The molecule has 3 aliphatic rings. The average Bonchev–Trinajstić information content (AvgIpc) is 2.77. The van der Waals surface area contributed by atoms with Crippen LogP contribution in [0, 0.1) is 0 Å². The zero-order valence-corrected chi connectivity index (χ0v) is 10.3. The zero-order valence-electron chi connectivity index (χ0n) is 9.53. The summed E-state index contributed by atoms with van der Waals surface area (Å²) in [6.07, 6.45) is 5.78. The predicted octanol–water partition coefficient (Wildman–Crippen LogP) is 1.66. The van der Waals surface area contributed by atoms with E-state index in [1.807, 2.05) is 0 Å². The summed E-state index contributed by atoms with van der Waals surface area (Å²) >= 11 is 2.15. The van der Waals surface area contributed by atoms with Gasteiger partial charge in [0, 0.05) is 31.7 Å². The third kappa shape index (κ3) is 2.20. The molecule has 0 saturated carbocycles. The van der Waals surface area contributed by atoms with Crippen LogP contribution in [0.2, 0.25) is 0 Å². The number of piperazine rings is 1. The van der Waals surface area contributed by atoms with Crippen molar-refractivity contribution >= 4 is 11.8 Å². The van der Waals surface area contributed by atoms with E-state index in [9.17, 15) is 0 Å².